The number of anilines is 1. The van der Waals surface area contributed by atoms with Crippen LogP contribution in [0.25, 0.3) is 5.52 Å². The first-order valence-corrected chi connectivity index (χ1v) is 8.40. The number of nitrogens with zero attached hydrogens (tertiary/aromatic N) is 3. The van der Waals surface area contributed by atoms with Crippen molar-refractivity contribution in [2.24, 2.45) is 0 Å². The highest BCUT2D eigenvalue weighted by Gasteiger charge is 2.87. The number of carbonyl (C=O) groups excluding carboxylic acids is 1. The summed E-state index contributed by atoms with van der Waals surface area (Å²) in [5.74, 6) is 0.290. The number of ether oxygens (including phenoxy) is 3. The van der Waals surface area contributed by atoms with Crippen molar-refractivity contribution < 1.29 is 29.2 Å². The molecule has 3 aliphatic rings. The molecule has 26 heavy (non-hydrogen) atoms. The summed E-state index contributed by atoms with van der Waals surface area (Å²) in [5, 5.41) is 25.7. The third-order valence-corrected chi connectivity index (χ3v) is 5.53. The second kappa shape index (κ2) is 4.84. The molecule has 10 nitrogen and oxygen atoms in total. The Morgan fingerprint density at radius 3 is 2.85 bits per heavy atom. The summed E-state index contributed by atoms with van der Waals surface area (Å²) >= 11 is 0. The molecule has 1 unspecified atom stereocenters. The van der Waals surface area contributed by atoms with Gasteiger partial charge in [0.25, 0.3) is 0 Å². The predicted octanol–water partition coefficient (Wildman–Crippen LogP) is -0.0687. The van der Waals surface area contributed by atoms with E-state index in [0.717, 1.165) is 12.8 Å². The average molecular weight is 362 g/mol. The summed E-state index contributed by atoms with van der Waals surface area (Å²) < 4.78 is 17.6. The fourth-order valence-electron chi connectivity index (χ4n) is 3.78. The molecule has 5 atom stereocenters. The maximum atomic E-state index is 11.8. The Hall–Kier alpha value is -2.43. The van der Waals surface area contributed by atoms with Crippen LogP contribution in [0.1, 0.15) is 31.6 Å². The smallest absolute Gasteiger partial charge is 0.431 e. The fraction of sp³-hybridized carbons (Fsp3) is 0.562. The first kappa shape index (κ1) is 15.8. The Kier molecular flexibility index (Phi) is 2.94. The third kappa shape index (κ3) is 1.89. The summed E-state index contributed by atoms with van der Waals surface area (Å²) in [6, 6.07) is 3.40. The summed E-state index contributed by atoms with van der Waals surface area (Å²) in [5.41, 5.74) is 3.95. The maximum Gasteiger partial charge on any atom is 0.509 e. The van der Waals surface area contributed by atoms with E-state index in [9.17, 15) is 15.0 Å². The number of aromatic nitrogens is 3. The van der Waals surface area contributed by atoms with Crippen LogP contribution in [0.3, 0.4) is 0 Å². The zero-order valence-electron chi connectivity index (χ0n) is 13.9. The van der Waals surface area contributed by atoms with Gasteiger partial charge >= 0.3 is 6.16 Å². The minimum absolute atomic E-state index is 0.112. The zero-order valence-corrected chi connectivity index (χ0v) is 13.9. The Balaban J connectivity index is 1.40. The fourth-order valence-corrected chi connectivity index (χ4v) is 3.78. The second-order valence-electron chi connectivity index (χ2n) is 7.18. The first-order valence-electron chi connectivity index (χ1n) is 8.40. The van der Waals surface area contributed by atoms with Crippen molar-refractivity contribution >= 4 is 17.5 Å². The number of nitrogens with two attached hydrogens (primary N) is 1. The molecule has 2 aliphatic carbocycles. The van der Waals surface area contributed by atoms with E-state index < -0.39 is 35.7 Å². The molecule has 0 radical (unpaired) electrons. The molecular weight excluding hydrogens is 344 g/mol. The number of hydrogen-bond acceptors (Lipinski definition) is 9. The highest BCUT2D eigenvalue weighted by molar-refractivity contribution is 5.66. The summed E-state index contributed by atoms with van der Waals surface area (Å²) in [4.78, 5) is 15.7. The van der Waals surface area contributed by atoms with Crippen LogP contribution in [-0.4, -0.2) is 60.5 Å². The topological polar surface area (TPSA) is 141 Å². The van der Waals surface area contributed by atoms with E-state index in [1.807, 2.05) is 0 Å². The van der Waals surface area contributed by atoms with Crippen LogP contribution in [-0.2, 0) is 14.2 Å². The number of carbonyl (C=O) groups is 1. The Labute approximate surface area is 147 Å². The van der Waals surface area contributed by atoms with E-state index in [-0.39, 0.29) is 11.9 Å². The van der Waals surface area contributed by atoms with Gasteiger partial charge in [-0.3, -0.25) is 0 Å². The molecular formula is C16H18N4O6. The quantitative estimate of drug-likeness (QED) is 0.640. The van der Waals surface area contributed by atoms with Gasteiger partial charge in [-0.15, -0.1) is 0 Å². The number of rotatable bonds is 3. The molecule has 0 spiro atoms. The molecule has 2 aromatic rings. The average Bonchev–Trinajstić information content (AvgIpc) is 3.39. The van der Waals surface area contributed by atoms with Gasteiger partial charge in [-0.25, -0.2) is 14.3 Å². The molecule has 1 aliphatic heterocycles. The van der Waals surface area contributed by atoms with Gasteiger partial charge in [-0.05, 0) is 31.9 Å². The number of aliphatic hydroxyl groups excluding tert-OH is 1. The van der Waals surface area contributed by atoms with Gasteiger partial charge in [0.15, 0.2) is 17.5 Å². The Morgan fingerprint density at radius 1 is 1.42 bits per heavy atom. The standard InChI is InChI=1S/C16H18N4O6/c1-15-13(25-14(22)24-7-2-3-7)16(15,23)11(21)10(26-15)8-4-5-9-12(17)18-6-19-20(8)9/h4-7,10-11,13,21,23H,2-3H2,1H3,(H2,17,18,19)/t10-,11-,13?,15+,16+/m0/s1. The lowest BCUT2D eigenvalue weighted by molar-refractivity contribution is -0.0914. The molecule has 0 aromatic carbocycles. The molecule has 1 saturated heterocycles. The third-order valence-electron chi connectivity index (χ3n) is 5.53. The van der Waals surface area contributed by atoms with Gasteiger partial charge in [0, 0.05) is 0 Å². The molecule has 3 fully saturated rings. The molecule has 10 heteroatoms. The molecule has 2 aromatic heterocycles. The number of hydrogen-bond donors (Lipinski definition) is 3. The van der Waals surface area contributed by atoms with Crippen molar-refractivity contribution in [1.29, 1.82) is 0 Å². The minimum atomic E-state index is -1.72. The molecule has 2 saturated carbocycles. The monoisotopic (exact) mass is 362 g/mol. The van der Waals surface area contributed by atoms with Crippen LogP contribution in [0.15, 0.2) is 18.5 Å². The molecule has 0 bridgehead atoms. The van der Waals surface area contributed by atoms with E-state index in [1.165, 1.54) is 10.8 Å². The predicted molar refractivity (Wildman–Crippen MR) is 85.0 cm³/mol. The van der Waals surface area contributed by atoms with E-state index >= 15 is 0 Å². The van der Waals surface area contributed by atoms with Gasteiger partial charge in [0.05, 0.1) is 5.69 Å². The van der Waals surface area contributed by atoms with Gasteiger partial charge in [0.1, 0.15) is 35.8 Å². The minimum Gasteiger partial charge on any atom is -0.431 e. The van der Waals surface area contributed by atoms with Crippen molar-refractivity contribution in [1.82, 2.24) is 14.6 Å². The van der Waals surface area contributed by atoms with Crippen LogP contribution in [0.2, 0.25) is 0 Å². The van der Waals surface area contributed by atoms with Crippen LogP contribution >= 0.6 is 0 Å². The largest absolute Gasteiger partial charge is 0.509 e. The lowest BCUT2D eigenvalue weighted by Gasteiger charge is -2.22. The zero-order chi connectivity index (χ0) is 18.3. The highest BCUT2D eigenvalue weighted by atomic mass is 16.8. The van der Waals surface area contributed by atoms with E-state index in [4.69, 9.17) is 19.9 Å². The van der Waals surface area contributed by atoms with Gasteiger partial charge in [0.2, 0.25) is 0 Å². The number of aliphatic hydroxyl groups is 2. The van der Waals surface area contributed by atoms with Crippen LogP contribution in [0.5, 0.6) is 0 Å². The molecule has 0 amide bonds. The normalized spacial score (nSPS) is 38.2. The van der Waals surface area contributed by atoms with Crippen molar-refractivity contribution in [3.05, 3.63) is 24.2 Å². The molecule has 138 valence electrons. The van der Waals surface area contributed by atoms with Crippen molar-refractivity contribution in [2.45, 2.75) is 55.4 Å². The Morgan fingerprint density at radius 2 is 2.19 bits per heavy atom. The van der Waals surface area contributed by atoms with E-state index in [2.05, 4.69) is 10.1 Å². The van der Waals surface area contributed by atoms with Gasteiger partial charge in [-0.1, -0.05) is 0 Å². The van der Waals surface area contributed by atoms with Gasteiger partial charge in [-0.2, -0.15) is 5.10 Å². The Bertz CT molecular complexity index is 913. The van der Waals surface area contributed by atoms with E-state index in [1.54, 1.807) is 19.1 Å². The van der Waals surface area contributed by atoms with E-state index in [0.29, 0.717) is 11.2 Å². The van der Waals surface area contributed by atoms with Gasteiger partial charge < -0.3 is 30.2 Å². The number of nitrogen functional groups attached to an aromatic ring is 1. The number of fused-ring (bicyclic) bond motifs is 2. The van der Waals surface area contributed by atoms with Crippen LogP contribution in [0, 0.1) is 0 Å². The second-order valence-corrected chi connectivity index (χ2v) is 7.18. The summed E-state index contributed by atoms with van der Waals surface area (Å²) in [7, 11) is 0. The first-order chi connectivity index (χ1) is 12.4. The highest BCUT2D eigenvalue weighted by Crippen LogP contribution is 2.64. The van der Waals surface area contributed by atoms with Crippen LogP contribution in [0.4, 0.5) is 10.6 Å². The lowest BCUT2D eigenvalue weighted by Crippen LogP contribution is -2.36. The molecule has 4 N–H and O–H groups in total. The SMILES string of the molecule is C[C@]12O[C@@H](c3ccc4c(N)ncnn34)[C@H](O)[C@@]1(O)C2OC(=O)OC1CC1. The maximum absolute atomic E-state index is 11.8. The van der Waals surface area contributed by atoms with Crippen molar-refractivity contribution in [2.75, 3.05) is 5.73 Å². The molecule has 3 heterocycles. The summed E-state index contributed by atoms with van der Waals surface area (Å²) in [6.07, 6.45) is -1.23. The summed E-state index contributed by atoms with van der Waals surface area (Å²) in [6.45, 7) is 1.59. The lowest BCUT2D eigenvalue weighted by atomic mass is 10.0. The van der Waals surface area contributed by atoms with Crippen molar-refractivity contribution in [3.8, 4) is 0 Å². The van der Waals surface area contributed by atoms with Crippen LogP contribution < -0.4 is 5.73 Å². The molecule has 5 rings (SSSR count). The van der Waals surface area contributed by atoms with Crippen molar-refractivity contribution in [3.63, 3.8) is 0 Å².